The zero-order chi connectivity index (χ0) is 20.9. The minimum Gasteiger partial charge on any atom is -0.329 e. The molecule has 0 radical (unpaired) electrons. The van der Waals surface area contributed by atoms with Crippen LogP contribution in [0.2, 0.25) is 0 Å². The number of amides is 1. The van der Waals surface area contributed by atoms with E-state index in [1.54, 1.807) is 37.2 Å². The summed E-state index contributed by atoms with van der Waals surface area (Å²) in [5.41, 5.74) is 2.35. The zero-order valence-electron chi connectivity index (χ0n) is 16.2. The van der Waals surface area contributed by atoms with Gasteiger partial charge in [0.2, 0.25) is 0 Å². The van der Waals surface area contributed by atoms with Crippen LogP contribution in [0.3, 0.4) is 0 Å². The van der Waals surface area contributed by atoms with Crippen LogP contribution in [0.25, 0.3) is 5.65 Å². The molecule has 0 aromatic carbocycles. The lowest BCUT2D eigenvalue weighted by molar-refractivity contribution is -0.142. The van der Waals surface area contributed by atoms with Crippen LogP contribution in [-0.2, 0) is 6.18 Å². The smallest absolute Gasteiger partial charge is 0.329 e. The first-order chi connectivity index (χ1) is 13.7. The van der Waals surface area contributed by atoms with E-state index in [4.69, 9.17) is 0 Å². The molecular formula is C19H20F3N5OS. The van der Waals surface area contributed by atoms with Crippen molar-refractivity contribution in [3.63, 3.8) is 0 Å². The van der Waals surface area contributed by atoms with Gasteiger partial charge in [0.1, 0.15) is 10.6 Å². The fourth-order valence-corrected chi connectivity index (χ4v) is 4.38. The Balaban J connectivity index is 1.77. The Bertz CT molecular complexity index is 1070. The second-order valence-electron chi connectivity index (χ2n) is 7.48. The molecule has 0 saturated carbocycles. The zero-order valence-corrected chi connectivity index (χ0v) is 17.0. The van der Waals surface area contributed by atoms with Gasteiger partial charge < -0.3 is 4.90 Å². The summed E-state index contributed by atoms with van der Waals surface area (Å²) < 4.78 is 41.7. The molecule has 0 aliphatic carbocycles. The second-order valence-corrected chi connectivity index (χ2v) is 8.34. The van der Waals surface area contributed by atoms with Gasteiger partial charge in [0, 0.05) is 18.3 Å². The quantitative estimate of drug-likeness (QED) is 0.617. The fourth-order valence-electron chi connectivity index (χ4n) is 3.63. The molecule has 154 valence electrons. The third-order valence-corrected chi connectivity index (χ3v) is 6.06. The largest absolute Gasteiger partial charge is 0.433 e. The first-order valence-electron chi connectivity index (χ1n) is 9.35. The number of halogens is 3. The normalized spacial score (nSPS) is 17.6. The number of hydrogen-bond acceptors (Lipinski definition) is 5. The van der Waals surface area contributed by atoms with E-state index < -0.39 is 11.9 Å². The number of hydrogen-bond donors (Lipinski definition) is 0. The minimum atomic E-state index is -4.56. The topological polar surface area (TPSA) is 63.4 Å². The van der Waals surface area contributed by atoms with Crippen LogP contribution in [0.1, 0.15) is 71.1 Å². The molecule has 1 amide bonds. The molecule has 6 nitrogen and oxygen atoms in total. The Hall–Kier alpha value is -2.49. The Labute approximate surface area is 169 Å². The van der Waals surface area contributed by atoms with E-state index in [2.05, 4.69) is 15.1 Å². The first kappa shape index (κ1) is 19.8. The summed E-state index contributed by atoms with van der Waals surface area (Å²) in [6.07, 6.45) is -3.15. The lowest BCUT2D eigenvalue weighted by Gasteiger charge is -2.22. The van der Waals surface area contributed by atoms with E-state index in [1.165, 1.54) is 11.3 Å². The van der Waals surface area contributed by atoms with Gasteiger partial charge in [-0.25, -0.2) is 14.5 Å². The van der Waals surface area contributed by atoms with Gasteiger partial charge in [0.15, 0.2) is 5.65 Å². The molecule has 1 atom stereocenters. The third-order valence-electron chi connectivity index (χ3n) is 5.14. The Morgan fingerprint density at radius 1 is 1.31 bits per heavy atom. The van der Waals surface area contributed by atoms with Gasteiger partial charge in [-0.1, -0.05) is 13.8 Å². The highest BCUT2D eigenvalue weighted by Crippen LogP contribution is 2.36. The molecule has 3 aromatic heterocycles. The standard InChI is InChI=1S/C19H20F3N5OS/c1-10(2)12-7-15(19(20,21)22)27-16(24-12)8-13(25-27)14-5-4-6-26(14)18(28)17-11(3)23-9-29-17/h7-10,14H,4-6H2,1-3H3/t14-/m0/s1. The van der Waals surface area contributed by atoms with E-state index in [-0.39, 0.29) is 23.5 Å². The molecule has 1 fully saturated rings. The van der Waals surface area contributed by atoms with E-state index >= 15 is 0 Å². The molecule has 3 aromatic rings. The number of nitrogens with zero attached hydrogens (tertiary/aromatic N) is 5. The number of carbonyl (C=O) groups excluding carboxylic acids is 1. The van der Waals surface area contributed by atoms with Gasteiger partial charge in [-0.15, -0.1) is 11.3 Å². The first-order valence-corrected chi connectivity index (χ1v) is 10.2. The van der Waals surface area contributed by atoms with Crippen molar-refractivity contribution in [3.8, 4) is 0 Å². The van der Waals surface area contributed by atoms with Crippen molar-refractivity contribution >= 4 is 22.9 Å². The van der Waals surface area contributed by atoms with Crippen molar-refractivity contribution in [2.75, 3.05) is 6.54 Å². The van der Waals surface area contributed by atoms with Crippen LogP contribution in [0.5, 0.6) is 0 Å². The molecule has 1 aliphatic rings. The molecule has 0 spiro atoms. The van der Waals surface area contributed by atoms with Gasteiger partial charge in [0.05, 0.1) is 22.9 Å². The number of fused-ring (bicyclic) bond motifs is 1. The molecule has 0 N–H and O–H groups in total. The molecule has 29 heavy (non-hydrogen) atoms. The van der Waals surface area contributed by atoms with Gasteiger partial charge in [-0.2, -0.15) is 18.3 Å². The number of aryl methyl sites for hydroxylation is 1. The van der Waals surface area contributed by atoms with Crippen LogP contribution in [0.4, 0.5) is 13.2 Å². The summed E-state index contributed by atoms with van der Waals surface area (Å²) in [7, 11) is 0. The molecule has 1 aliphatic heterocycles. The van der Waals surface area contributed by atoms with Crippen molar-refractivity contribution in [2.24, 2.45) is 0 Å². The summed E-state index contributed by atoms with van der Waals surface area (Å²) in [5.74, 6) is -0.310. The molecule has 4 rings (SSSR count). The van der Waals surface area contributed by atoms with Crippen LogP contribution < -0.4 is 0 Å². The molecule has 4 heterocycles. The lowest BCUT2D eigenvalue weighted by Crippen LogP contribution is -2.30. The molecule has 0 bridgehead atoms. The van der Waals surface area contributed by atoms with Gasteiger partial charge in [-0.3, -0.25) is 4.79 Å². The summed E-state index contributed by atoms with van der Waals surface area (Å²) in [6, 6.07) is 2.23. The number of carbonyl (C=O) groups is 1. The van der Waals surface area contributed by atoms with Crippen molar-refractivity contribution in [2.45, 2.75) is 51.7 Å². The predicted molar refractivity (Wildman–Crippen MR) is 102 cm³/mol. The van der Waals surface area contributed by atoms with E-state index in [0.717, 1.165) is 17.0 Å². The summed E-state index contributed by atoms with van der Waals surface area (Å²) >= 11 is 1.27. The molecular weight excluding hydrogens is 403 g/mol. The van der Waals surface area contributed by atoms with E-state index in [0.29, 0.717) is 34.9 Å². The van der Waals surface area contributed by atoms with Gasteiger partial charge in [0.25, 0.3) is 5.91 Å². The molecule has 10 heteroatoms. The van der Waals surface area contributed by atoms with Crippen molar-refractivity contribution in [1.82, 2.24) is 24.5 Å². The Kier molecular flexibility index (Phi) is 4.84. The van der Waals surface area contributed by atoms with Crippen molar-refractivity contribution in [3.05, 3.63) is 45.3 Å². The maximum Gasteiger partial charge on any atom is 0.433 e. The van der Waals surface area contributed by atoms with E-state index in [9.17, 15) is 18.0 Å². The van der Waals surface area contributed by atoms with Crippen molar-refractivity contribution < 1.29 is 18.0 Å². The fraction of sp³-hybridized carbons (Fsp3) is 0.474. The van der Waals surface area contributed by atoms with Gasteiger partial charge in [-0.05, 0) is 31.7 Å². The van der Waals surface area contributed by atoms with Crippen LogP contribution in [0.15, 0.2) is 17.6 Å². The summed E-state index contributed by atoms with van der Waals surface area (Å²) in [4.78, 5) is 23.7. The average molecular weight is 423 g/mol. The average Bonchev–Trinajstić information content (AvgIpc) is 3.37. The Morgan fingerprint density at radius 3 is 2.69 bits per heavy atom. The SMILES string of the molecule is Cc1ncsc1C(=O)N1CCC[C@H]1c1cc2nc(C(C)C)cc(C(F)(F)F)n2n1. The van der Waals surface area contributed by atoms with Crippen LogP contribution in [0, 0.1) is 6.92 Å². The molecule has 0 unspecified atom stereocenters. The second kappa shape index (κ2) is 7.08. The maximum atomic E-state index is 13.6. The maximum absolute atomic E-state index is 13.6. The van der Waals surface area contributed by atoms with Crippen molar-refractivity contribution in [1.29, 1.82) is 0 Å². The third kappa shape index (κ3) is 3.50. The van der Waals surface area contributed by atoms with Gasteiger partial charge >= 0.3 is 6.18 Å². The highest BCUT2D eigenvalue weighted by atomic mass is 32.1. The Morgan fingerprint density at radius 2 is 2.07 bits per heavy atom. The molecule has 1 saturated heterocycles. The van der Waals surface area contributed by atoms with E-state index in [1.807, 2.05) is 0 Å². The predicted octanol–water partition coefficient (Wildman–Crippen LogP) is 4.61. The summed E-state index contributed by atoms with van der Waals surface area (Å²) in [5, 5.41) is 4.23. The lowest BCUT2D eigenvalue weighted by atomic mass is 10.1. The highest BCUT2D eigenvalue weighted by molar-refractivity contribution is 7.11. The van der Waals surface area contributed by atoms with Crippen LogP contribution >= 0.6 is 11.3 Å². The number of alkyl halides is 3. The number of rotatable bonds is 3. The monoisotopic (exact) mass is 423 g/mol. The number of aromatic nitrogens is 4. The van der Waals surface area contributed by atoms with Crippen LogP contribution in [-0.4, -0.2) is 36.9 Å². The summed E-state index contributed by atoms with van der Waals surface area (Å²) in [6.45, 7) is 5.90. The highest BCUT2D eigenvalue weighted by Gasteiger charge is 2.37. The minimum absolute atomic E-state index is 0.145. The number of thiazole rings is 1. The number of likely N-dealkylation sites (tertiary alicyclic amines) is 1.